The van der Waals surface area contributed by atoms with Gasteiger partial charge in [0.1, 0.15) is 17.3 Å². The van der Waals surface area contributed by atoms with Gasteiger partial charge >= 0.3 is 0 Å². The Balaban J connectivity index is 2.21. The second kappa shape index (κ2) is 4.83. The number of nitriles is 1. The molecule has 5 nitrogen and oxygen atoms in total. The summed E-state index contributed by atoms with van der Waals surface area (Å²) in [5.41, 5.74) is -0.328. The summed E-state index contributed by atoms with van der Waals surface area (Å²) in [4.78, 5) is 7.94. The van der Waals surface area contributed by atoms with Crippen LogP contribution in [0, 0.1) is 11.3 Å². The SMILES string of the molecule is N#CC1(c2ccc3c(Cl)nc(Cl)nc3c2)OCCC1O. The van der Waals surface area contributed by atoms with Crippen molar-refractivity contribution in [3.05, 3.63) is 34.2 Å². The van der Waals surface area contributed by atoms with Crippen molar-refractivity contribution >= 4 is 34.1 Å². The minimum Gasteiger partial charge on any atom is -0.388 e. The van der Waals surface area contributed by atoms with Crippen molar-refractivity contribution in [2.45, 2.75) is 18.1 Å². The highest BCUT2D eigenvalue weighted by Crippen LogP contribution is 2.37. The van der Waals surface area contributed by atoms with Crippen LogP contribution >= 0.6 is 23.2 Å². The maximum absolute atomic E-state index is 10.0. The number of nitrogens with zero attached hydrogens (tertiary/aromatic N) is 3. The molecule has 1 aliphatic rings. The van der Waals surface area contributed by atoms with Crippen LogP contribution in [0.3, 0.4) is 0 Å². The van der Waals surface area contributed by atoms with Crippen LogP contribution in [0.15, 0.2) is 18.2 Å². The van der Waals surface area contributed by atoms with Crippen LogP contribution in [0.25, 0.3) is 10.9 Å². The van der Waals surface area contributed by atoms with E-state index in [0.29, 0.717) is 29.5 Å². The smallest absolute Gasteiger partial charge is 0.224 e. The molecule has 0 amide bonds. The lowest BCUT2D eigenvalue weighted by atomic mass is 9.89. The Morgan fingerprint density at radius 2 is 2.20 bits per heavy atom. The third-order valence-corrected chi connectivity index (χ3v) is 3.87. The molecule has 102 valence electrons. The van der Waals surface area contributed by atoms with E-state index in [9.17, 15) is 10.4 Å². The van der Waals surface area contributed by atoms with Crippen LogP contribution in [-0.2, 0) is 10.3 Å². The molecule has 0 aliphatic carbocycles. The lowest BCUT2D eigenvalue weighted by Crippen LogP contribution is -2.34. The zero-order valence-corrected chi connectivity index (χ0v) is 11.7. The van der Waals surface area contributed by atoms with E-state index < -0.39 is 11.7 Å². The molecule has 7 heteroatoms. The summed E-state index contributed by atoms with van der Waals surface area (Å²) in [5.74, 6) is 0. The van der Waals surface area contributed by atoms with Crippen LogP contribution in [0.4, 0.5) is 0 Å². The van der Waals surface area contributed by atoms with Gasteiger partial charge in [0.05, 0.1) is 12.1 Å². The van der Waals surface area contributed by atoms with E-state index in [1.165, 1.54) is 0 Å². The molecule has 1 aromatic heterocycles. The molecule has 1 aromatic carbocycles. The van der Waals surface area contributed by atoms with E-state index in [0.717, 1.165) is 0 Å². The molecule has 20 heavy (non-hydrogen) atoms. The van der Waals surface area contributed by atoms with Crippen LogP contribution in [0.5, 0.6) is 0 Å². The topological polar surface area (TPSA) is 79.0 Å². The summed E-state index contributed by atoms with van der Waals surface area (Å²) in [6, 6.07) is 7.08. The Bertz CT molecular complexity index is 731. The second-order valence-corrected chi connectivity index (χ2v) is 5.21. The number of hydrogen-bond donors (Lipinski definition) is 1. The van der Waals surface area contributed by atoms with E-state index in [-0.39, 0.29) is 10.4 Å². The zero-order valence-electron chi connectivity index (χ0n) is 10.2. The van der Waals surface area contributed by atoms with Crippen molar-refractivity contribution in [1.82, 2.24) is 9.97 Å². The Morgan fingerprint density at radius 3 is 2.85 bits per heavy atom. The normalized spacial score (nSPS) is 25.8. The first-order valence-corrected chi connectivity index (χ1v) is 6.69. The molecule has 2 heterocycles. The van der Waals surface area contributed by atoms with Crippen molar-refractivity contribution in [3.8, 4) is 6.07 Å². The fourth-order valence-electron chi connectivity index (χ4n) is 2.37. The van der Waals surface area contributed by atoms with E-state index in [1.807, 2.05) is 0 Å². The van der Waals surface area contributed by atoms with Crippen LogP contribution in [-0.4, -0.2) is 27.8 Å². The summed E-state index contributed by atoms with van der Waals surface area (Å²) in [6.07, 6.45) is -0.464. The maximum atomic E-state index is 10.0. The molecule has 1 saturated heterocycles. The van der Waals surface area contributed by atoms with Crippen LogP contribution in [0.1, 0.15) is 12.0 Å². The number of rotatable bonds is 1. The molecular weight excluding hydrogens is 301 g/mol. The predicted octanol–water partition coefficient (Wildman–Crippen LogP) is 2.44. The van der Waals surface area contributed by atoms with Crippen molar-refractivity contribution in [3.63, 3.8) is 0 Å². The fourth-order valence-corrected chi connectivity index (χ4v) is 2.83. The molecule has 2 atom stereocenters. The molecular formula is C13H9Cl2N3O2. The summed E-state index contributed by atoms with van der Waals surface area (Å²) >= 11 is 11.8. The van der Waals surface area contributed by atoms with Crippen molar-refractivity contribution < 1.29 is 9.84 Å². The molecule has 2 aromatic rings. The van der Waals surface area contributed by atoms with Gasteiger partial charge in [0, 0.05) is 17.4 Å². The van der Waals surface area contributed by atoms with E-state index in [2.05, 4.69) is 16.0 Å². The van der Waals surface area contributed by atoms with Gasteiger partial charge in [-0.1, -0.05) is 17.7 Å². The quantitative estimate of drug-likeness (QED) is 0.646. The number of ether oxygens (including phenoxy) is 1. The molecule has 0 saturated carbocycles. The summed E-state index contributed by atoms with van der Waals surface area (Å²) in [5, 5.41) is 20.3. The summed E-state index contributed by atoms with van der Waals surface area (Å²) < 4.78 is 5.48. The predicted molar refractivity (Wildman–Crippen MR) is 73.4 cm³/mol. The highest BCUT2D eigenvalue weighted by molar-refractivity contribution is 6.35. The average Bonchev–Trinajstić information content (AvgIpc) is 2.80. The van der Waals surface area contributed by atoms with E-state index >= 15 is 0 Å². The third kappa shape index (κ3) is 1.93. The highest BCUT2D eigenvalue weighted by atomic mass is 35.5. The van der Waals surface area contributed by atoms with Gasteiger partial charge < -0.3 is 9.84 Å². The van der Waals surface area contributed by atoms with E-state index in [4.69, 9.17) is 27.9 Å². The Labute approximate surface area is 124 Å². The number of halogens is 2. The molecule has 1 fully saturated rings. The van der Waals surface area contributed by atoms with Gasteiger partial charge in [-0.3, -0.25) is 0 Å². The molecule has 0 bridgehead atoms. The number of aromatic nitrogens is 2. The van der Waals surface area contributed by atoms with Crippen molar-refractivity contribution in [1.29, 1.82) is 5.26 Å². The van der Waals surface area contributed by atoms with Gasteiger partial charge in [-0.05, 0) is 23.7 Å². The first-order chi connectivity index (χ1) is 9.56. The van der Waals surface area contributed by atoms with Gasteiger partial charge in [0.2, 0.25) is 10.9 Å². The number of hydrogen-bond acceptors (Lipinski definition) is 5. The fraction of sp³-hybridized carbons (Fsp3) is 0.308. The van der Waals surface area contributed by atoms with Gasteiger partial charge in [-0.15, -0.1) is 0 Å². The number of aliphatic hydroxyl groups excluding tert-OH is 1. The minimum absolute atomic E-state index is 0.0264. The largest absolute Gasteiger partial charge is 0.388 e. The van der Waals surface area contributed by atoms with Gasteiger partial charge in [-0.2, -0.15) is 5.26 Å². The van der Waals surface area contributed by atoms with Crippen molar-refractivity contribution in [2.24, 2.45) is 0 Å². The Hall–Kier alpha value is -1.45. The minimum atomic E-state index is -1.36. The molecule has 3 rings (SSSR count). The average molecular weight is 310 g/mol. The summed E-state index contributed by atoms with van der Waals surface area (Å²) in [6.45, 7) is 0.331. The lowest BCUT2D eigenvalue weighted by Gasteiger charge is -2.24. The molecule has 1 N–H and O–H groups in total. The second-order valence-electron chi connectivity index (χ2n) is 4.52. The van der Waals surface area contributed by atoms with Crippen LogP contribution in [0.2, 0.25) is 10.4 Å². The highest BCUT2D eigenvalue weighted by Gasteiger charge is 2.46. The standard InChI is InChI=1S/C13H9Cl2N3O2/c14-11-8-2-1-7(5-9(8)17-12(15)18-11)13(6-16)10(19)3-4-20-13/h1-2,5,10,19H,3-4H2. The van der Waals surface area contributed by atoms with E-state index in [1.54, 1.807) is 18.2 Å². The Kier molecular flexibility index (Phi) is 3.27. The molecule has 0 spiro atoms. The lowest BCUT2D eigenvalue weighted by molar-refractivity contribution is -0.0179. The maximum Gasteiger partial charge on any atom is 0.224 e. The van der Waals surface area contributed by atoms with Gasteiger partial charge in [-0.25, -0.2) is 9.97 Å². The monoisotopic (exact) mass is 309 g/mol. The van der Waals surface area contributed by atoms with Crippen LogP contribution < -0.4 is 0 Å². The number of fused-ring (bicyclic) bond motifs is 1. The third-order valence-electron chi connectivity index (χ3n) is 3.41. The zero-order chi connectivity index (χ0) is 14.3. The first-order valence-electron chi connectivity index (χ1n) is 5.93. The van der Waals surface area contributed by atoms with Gasteiger partial charge in [0.15, 0.2) is 0 Å². The molecule has 1 aliphatic heterocycles. The van der Waals surface area contributed by atoms with Gasteiger partial charge in [0.25, 0.3) is 0 Å². The summed E-state index contributed by atoms with van der Waals surface area (Å²) in [7, 11) is 0. The first kappa shape index (κ1) is 13.5. The number of aliphatic hydroxyl groups is 1. The number of benzene rings is 1. The molecule has 2 unspecified atom stereocenters. The molecule has 0 radical (unpaired) electrons. The Morgan fingerprint density at radius 1 is 1.40 bits per heavy atom. The van der Waals surface area contributed by atoms with Crippen molar-refractivity contribution in [2.75, 3.05) is 6.61 Å².